The van der Waals surface area contributed by atoms with E-state index in [0.29, 0.717) is 12.2 Å². The number of ether oxygens (including phenoxy) is 1. The van der Waals surface area contributed by atoms with Gasteiger partial charge in [-0.05, 0) is 24.6 Å². The van der Waals surface area contributed by atoms with Gasteiger partial charge in [0.25, 0.3) is 0 Å². The number of ketones is 1. The molecule has 5 nitrogen and oxygen atoms in total. The Morgan fingerprint density at radius 2 is 1.95 bits per heavy atom. The van der Waals surface area contributed by atoms with Gasteiger partial charge < -0.3 is 15.2 Å². The smallest absolute Gasteiger partial charge is 0.211 e. The summed E-state index contributed by atoms with van der Waals surface area (Å²) in [4.78, 5) is 22.1. The van der Waals surface area contributed by atoms with E-state index in [1.165, 1.54) is 13.0 Å². The fourth-order valence-corrected chi connectivity index (χ4v) is 1.91. The summed E-state index contributed by atoms with van der Waals surface area (Å²) in [5.74, 6) is -0.287. The van der Waals surface area contributed by atoms with Gasteiger partial charge in [-0.2, -0.15) is 0 Å². The van der Waals surface area contributed by atoms with Gasteiger partial charge in [0.15, 0.2) is 11.5 Å². The number of nitrogens with one attached hydrogen (secondary N) is 1. The van der Waals surface area contributed by atoms with Gasteiger partial charge in [0.1, 0.15) is 18.0 Å². The van der Waals surface area contributed by atoms with Crippen LogP contribution in [0, 0.1) is 0 Å². The minimum absolute atomic E-state index is 0.0913. The minimum atomic E-state index is -0.295. The first-order chi connectivity index (χ1) is 10.1. The first-order valence-electron chi connectivity index (χ1n) is 6.37. The zero-order valence-electron chi connectivity index (χ0n) is 11.5. The summed E-state index contributed by atoms with van der Waals surface area (Å²) in [5.41, 5.74) is 1.17. The Hall–Kier alpha value is -2.82. The predicted molar refractivity (Wildman–Crippen MR) is 78.6 cm³/mol. The molecule has 0 heterocycles. The number of anilines is 1. The minimum Gasteiger partial charge on any atom is -0.505 e. The van der Waals surface area contributed by atoms with Crippen molar-refractivity contribution in [3.05, 3.63) is 53.6 Å². The summed E-state index contributed by atoms with van der Waals surface area (Å²) in [6.45, 7) is 1.62. The number of Topliss-reactive ketones (excluding diaryl/α,β-unsaturated/α-hetero) is 1. The molecule has 0 spiro atoms. The van der Waals surface area contributed by atoms with E-state index in [0.717, 1.165) is 5.56 Å². The van der Waals surface area contributed by atoms with Gasteiger partial charge in [-0.25, -0.2) is 0 Å². The van der Waals surface area contributed by atoms with Crippen molar-refractivity contribution in [2.45, 2.75) is 13.5 Å². The van der Waals surface area contributed by atoms with Crippen LogP contribution in [0.5, 0.6) is 11.5 Å². The summed E-state index contributed by atoms with van der Waals surface area (Å²) in [5, 5.41) is 12.4. The molecule has 21 heavy (non-hydrogen) atoms. The van der Waals surface area contributed by atoms with Crippen molar-refractivity contribution in [3.63, 3.8) is 0 Å². The first kappa shape index (κ1) is 14.6. The van der Waals surface area contributed by atoms with Crippen molar-refractivity contribution >= 4 is 17.9 Å². The monoisotopic (exact) mass is 285 g/mol. The highest BCUT2D eigenvalue weighted by Crippen LogP contribution is 2.37. The fraction of sp³-hybridized carbons (Fsp3) is 0.125. The first-order valence-corrected chi connectivity index (χ1v) is 6.37. The average Bonchev–Trinajstić information content (AvgIpc) is 2.48. The largest absolute Gasteiger partial charge is 0.505 e. The normalized spacial score (nSPS) is 9.95. The number of aromatic hydroxyl groups is 1. The van der Waals surface area contributed by atoms with E-state index in [1.54, 1.807) is 6.07 Å². The number of carbonyl (C=O) groups excluding carboxylic acids is 2. The highest BCUT2D eigenvalue weighted by atomic mass is 16.5. The number of amides is 1. The van der Waals surface area contributed by atoms with Crippen LogP contribution in [0.1, 0.15) is 22.8 Å². The van der Waals surface area contributed by atoms with Crippen molar-refractivity contribution in [2.75, 3.05) is 5.32 Å². The van der Waals surface area contributed by atoms with Gasteiger partial charge in [-0.1, -0.05) is 30.3 Å². The van der Waals surface area contributed by atoms with Crippen LogP contribution in [-0.2, 0) is 11.4 Å². The van der Waals surface area contributed by atoms with Crippen LogP contribution in [0.3, 0.4) is 0 Å². The van der Waals surface area contributed by atoms with Crippen LogP contribution in [-0.4, -0.2) is 17.3 Å². The van der Waals surface area contributed by atoms with E-state index in [4.69, 9.17) is 4.74 Å². The fourth-order valence-electron chi connectivity index (χ4n) is 1.91. The Bertz CT molecular complexity index is 653. The summed E-state index contributed by atoms with van der Waals surface area (Å²) < 4.78 is 5.60. The molecule has 2 N–H and O–H groups in total. The quantitative estimate of drug-likeness (QED) is 0.486. The average molecular weight is 285 g/mol. The standard InChI is InChI=1S/C16H15NO4/c1-11(19)13-7-8-14(15(16(13)20)17-10-18)21-9-12-5-3-2-4-6-12/h2-8,10,20H,9H2,1H3,(H,17,18). The Kier molecular flexibility index (Phi) is 4.56. The molecule has 1 amide bonds. The number of rotatable bonds is 6. The summed E-state index contributed by atoms with van der Waals surface area (Å²) in [6, 6.07) is 12.5. The van der Waals surface area contributed by atoms with Gasteiger partial charge in [-0.15, -0.1) is 0 Å². The molecule has 0 atom stereocenters. The second-order valence-electron chi connectivity index (χ2n) is 4.43. The molecule has 0 aromatic heterocycles. The zero-order chi connectivity index (χ0) is 15.2. The van der Waals surface area contributed by atoms with Crippen molar-refractivity contribution in [1.82, 2.24) is 0 Å². The highest BCUT2D eigenvalue weighted by molar-refractivity contribution is 6.00. The molecule has 2 rings (SSSR count). The molecular weight excluding hydrogens is 270 g/mol. The third-order valence-electron chi connectivity index (χ3n) is 2.96. The zero-order valence-corrected chi connectivity index (χ0v) is 11.5. The van der Waals surface area contributed by atoms with Crippen LogP contribution in [0.25, 0.3) is 0 Å². The molecule has 2 aromatic rings. The number of hydrogen-bond donors (Lipinski definition) is 2. The molecule has 0 radical (unpaired) electrons. The third kappa shape index (κ3) is 3.39. The predicted octanol–water partition coefficient (Wildman–Crippen LogP) is 2.74. The molecule has 0 unspecified atom stereocenters. The molecule has 2 aromatic carbocycles. The maximum Gasteiger partial charge on any atom is 0.211 e. The van der Waals surface area contributed by atoms with Gasteiger partial charge in [0.05, 0.1) is 5.56 Å². The Morgan fingerprint density at radius 3 is 2.57 bits per heavy atom. The van der Waals surface area contributed by atoms with E-state index in [-0.39, 0.29) is 29.4 Å². The van der Waals surface area contributed by atoms with E-state index < -0.39 is 0 Å². The maximum atomic E-state index is 11.4. The number of benzene rings is 2. The van der Waals surface area contributed by atoms with Gasteiger partial charge in [0.2, 0.25) is 6.41 Å². The van der Waals surface area contributed by atoms with Crippen molar-refractivity contribution in [1.29, 1.82) is 0 Å². The summed E-state index contributed by atoms with van der Waals surface area (Å²) >= 11 is 0. The highest BCUT2D eigenvalue weighted by Gasteiger charge is 2.16. The van der Waals surface area contributed by atoms with Crippen LogP contribution in [0.4, 0.5) is 5.69 Å². The van der Waals surface area contributed by atoms with E-state index in [1.807, 2.05) is 30.3 Å². The molecule has 0 saturated carbocycles. The lowest BCUT2D eigenvalue weighted by atomic mass is 10.1. The van der Waals surface area contributed by atoms with Crippen LogP contribution in [0.15, 0.2) is 42.5 Å². The number of hydrogen-bond acceptors (Lipinski definition) is 4. The van der Waals surface area contributed by atoms with Crippen LogP contribution in [0.2, 0.25) is 0 Å². The molecule has 0 saturated heterocycles. The SMILES string of the molecule is CC(=O)c1ccc(OCc2ccccc2)c(NC=O)c1O. The molecule has 0 fully saturated rings. The molecule has 0 aliphatic rings. The Morgan fingerprint density at radius 1 is 1.24 bits per heavy atom. The van der Waals surface area contributed by atoms with Crippen molar-refractivity contribution in [3.8, 4) is 11.5 Å². The molecule has 0 aliphatic carbocycles. The van der Waals surface area contributed by atoms with Gasteiger partial charge in [-0.3, -0.25) is 9.59 Å². The van der Waals surface area contributed by atoms with E-state index >= 15 is 0 Å². The molecule has 0 aliphatic heterocycles. The van der Waals surface area contributed by atoms with Crippen molar-refractivity contribution in [2.24, 2.45) is 0 Å². The second-order valence-corrected chi connectivity index (χ2v) is 4.43. The number of carbonyl (C=O) groups is 2. The van der Waals surface area contributed by atoms with E-state index in [9.17, 15) is 14.7 Å². The Balaban J connectivity index is 2.28. The number of phenolic OH excluding ortho intramolecular Hbond substituents is 1. The Labute approximate surface area is 122 Å². The summed E-state index contributed by atoms with van der Waals surface area (Å²) in [7, 11) is 0. The number of phenols is 1. The van der Waals surface area contributed by atoms with Gasteiger partial charge >= 0.3 is 0 Å². The van der Waals surface area contributed by atoms with Gasteiger partial charge in [0, 0.05) is 0 Å². The second kappa shape index (κ2) is 6.56. The molecule has 5 heteroatoms. The lowest BCUT2D eigenvalue weighted by Gasteiger charge is -2.14. The lowest BCUT2D eigenvalue weighted by molar-refractivity contribution is -0.105. The third-order valence-corrected chi connectivity index (χ3v) is 2.96. The molecular formula is C16H15NO4. The topological polar surface area (TPSA) is 75.6 Å². The van der Waals surface area contributed by atoms with Crippen LogP contribution >= 0.6 is 0 Å². The summed E-state index contributed by atoms with van der Waals surface area (Å²) in [6.07, 6.45) is 0.425. The van der Waals surface area contributed by atoms with Crippen LogP contribution < -0.4 is 10.1 Å². The maximum absolute atomic E-state index is 11.4. The van der Waals surface area contributed by atoms with Crippen molar-refractivity contribution < 1.29 is 19.4 Å². The molecule has 108 valence electrons. The molecule has 0 bridgehead atoms. The van der Waals surface area contributed by atoms with E-state index in [2.05, 4.69) is 5.32 Å². The lowest BCUT2D eigenvalue weighted by Crippen LogP contribution is -2.04.